The molecule has 0 unspecified atom stereocenters. The first-order valence-electron chi connectivity index (χ1n) is 4.87. The van der Waals surface area contributed by atoms with E-state index in [4.69, 9.17) is 4.52 Å². The van der Waals surface area contributed by atoms with Crippen molar-refractivity contribution in [3.63, 3.8) is 0 Å². The lowest BCUT2D eigenvalue weighted by Crippen LogP contribution is -2.25. The summed E-state index contributed by atoms with van der Waals surface area (Å²) in [6.45, 7) is 7.45. The van der Waals surface area contributed by atoms with Gasteiger partial charge in [0.2, 0.25) is 0 Å². The van der Waals surface area contributed by atoms with E-state index in [2.05, 4.69) is 10.3 Å². The summed E-state index contributed by atoms with van der Waals surface area (Å²) in [7, 11) is 0. The van der Waals surface area contributed by atoms with E-state index in [-0.39, 0.29) is 11.6 Å². The third kappa shape index (κ3) is 1.35. The van der Waals surface area contributed by atoms with Gasteiger partial charge in [-0.15, -0.1) is 0 Å². The second-order valence-corrected chi connectivity index (χ2v) is 3.89. The van der Waals surface area contributed by atoms with Crippen LogP contribution in [0.2, 0.25) is 0 Å². The van der Waals surface area contributed by atoms with E-state index in [0.29, 0.717) is 11.3 Å². The van der Waals surface area contributed by atoms with Gasteiger partial charge in [-0.25, -0.2) is 4.68 Å². The summed E-state index contributed by atoms with van der Waals surface area (Å²) in [5.41, 5.74) is 0.952. The van der Waals surface area contributed by atoms with Gasteiger partial charge in [0.1, 0.15) is 5.76 Å². The third-order valence-electron chi connectivity index (χ3n) is 2.38. The third-order valence-corrected chi connectivity index (χ3v) is 2.38. The molecule has 5 nitrogen and oxygen atoms in total. The van der Waals surface area contributed by atoms with Gasteiger partial charge in [-0.1, -0.05) is 5.16 Å². The molecule has 0 saturated heterocycles. The van der Waals surface area contributed by atoms with Crippen molar-refractivity contribution in [2.24, 2.45) is 0 Å². The summed E-state index contributed by atoms with van der Waals surface area (Å²) in [5, 5.41) is 8.74. The molecule has 15 heavy (non-hydrogen) atoms. The molecule has 2 rings (SSSR count). The summed E-state index contributed by atoms with van der Waals surface area (Å²) >= 11 is 0. The summed E-state index contributed by atoms with van der Waals surface area (Å²) in [6.07, 6.45) is 0. The van der Waals surface area contributed by atoms with E-state index in [1.54, 1.807) is 6.92 Å². The van der Waals surface area contributed by atoms with Gasteiger partial charge in [0, 0.05) is 0 Å². The van der Waals surface area contributed by atoms with Crippen LogP contribution in [0, 0.1) is 13.8 Å². The second kappa shape index (κ2) is 3.18. The fourth-order valence-electron chi connectivity index (χ4n) is 1.66. The Bertz CT molecular complexity index is 566. The molecule has 0 aliphatic carbocycles. The van der Waals surface area contributed by atoms with E-state index in [0.717, 1.165) is 11.1 Å². The molecule has 0 bridgehead atoms. The van der Waals surface area contributed by atoms with Crippen LogP contribution in [0.4, 0.5) is 0 Å². The summed E-state index contributed by atoms with van der Waals surface area (Å²) in [6, 6.07) is 0.0256. The number of nitrogens with zero attached hydrogens (tertiary/aromatic N) is 3. The Morgan fingerprint density at radius 1 is 1.33 bits per heavy atom. The molecular formula is C10H13N3O2. The van der Waals surface area contributed by atoms with Gasteiger partial charge in [-0.3, -0.25) is 4.79 Å². The molecule has 0 N–H and O–H groups in total. The highest BCUT2D eigenvalue weighted by Crippen LogP contribution is 2.17. The van der Waals surface area contributed by atoms with E-state index < -0.39 is 0 Å². The monoisotopic (exact) mass is 207 g/mol. The van der Waals surface area contributed by atoms with Crippen LogP contribution in [0.15, 0.2) is 9.32 Å². The Balaban J connectivity index is 2.92. The van der Waals surface area contributed by atoms with E-state index in [9.17, 15) is 4.79 Å². The lowest BCUT2D eigenvalue weighted by Gasteiger charge is -2.08. The number of aromatic nitrogens is 3. The number of hydrogen-bond acceptors (Lipinski definition) is 4. The molecule has 2 aromatic rings. The SMILES string of the molecule is Cc1nn(C(C)C)c(=O)c2noc(C)c12. The molecule has 80 valence electrons. The average Bonchev–Trinajstić information content (AvgIpc) is 2.54. The molecule has 2 heterocycles. The minimum Gasteiger partial charge on any atom is -0.360 e. The fraction of sp³-hybridized carbons (Fsp3) is 0.500. The second-order valence-electron chi connectivity index (χ2n) is 3.89. The predicted molar refractivity (Wildman–Crippen MR) is 55.9 cm³/mol. The highest BCUT2D eigenvalue weighted by atomic mass is 16.5. The average molecular weight is 207 g/mol. The van der Waals surface area contributed by atoms with Gasteiger partial charge in [-0.05, 0) is 27.7 Å². The van der Waals surface area contributed by atoms with Gasteiger partial charge >= 0.3 is 0 Å². The molecular weight excluding hydrogens is 194 g/mol. The number of rotatable bonds is 1. The summed E-state index contributed by atoms with van der Waals surface area (Å²) in [4.78, 5) is 11.9. The lowest BCUT2D eigenvalue weighted by atomic mass is 10.2. The summed E-state index contributed by atoms with van der Waals surface area (Å²) in [5.74, 6) is 0.642. The zero-order valence-electron chi connectivity index (χ0n) is 9.24. The highest BCUT2D eigenvalue weighted by molar-refractivity contribution is 5.81. The number of aryl methyl sites for hydroxylation is 2. The fourth-order valence-corrected chi connectivity index (χ4v) is 1.66. The van der Waals surface area contributed by atoms with Crippen molar-refractivity contribution in [1.82, 2.24) is 14.9 Å². The first kappa shape index (κ1) is 9.89. The lowest BCUT2D eigenvalue weighted by molar-refractivity contribution is 0.404. The van der Waals surface area contributed by atoms with Crippen molar-refractivity contribution in [1.29, 1.82) is 0 Å². The molecule has 0 aliphatic heterocycles. The minimum absolute atomic E-state index is 0.0256. The smallest absolute Gasteiger partial charge is 0.297 e. The molecule has 2 aromatic heterocycles. The molecule has 0 spiro atoms. The van der Waals surface area contributed by atoms with Crippen molar-refractivity contribution >= 4 is 10.9 Å². The Hall–Kier alpha value is -1.65. The highest BCUT2D eigenvalue weighted by Gasteiger charge is 2.15. The van der Waals surface area contributed by atoms with Crippen molar-refractivity contribution in [2.45, 2.75) is 33.7 Å². The maximum atomic E-state index is 11.9. The first-order valence-corrected chi connectivity index (χ1v) is 4.87. The Morgan fingerprint density at radius 3 is 2.60 bits per heavy atom. The van der Waals surface area contributed by atoms with Gasteiger partial charge < -0.3 is 4.52 Å². The molecule has 5 heteroatoms. The topological polar surface area (TPSA) is 60.9 Å². The van der Waals surface area contributed by atoms with Crippen LogP contribution in [0.5, 0.6) is 0 Å². The zero-order chi connectivity index (χ0) is 11.2. The minimum atomic E-state index is -0.192. The quantitative estimate of drug-likeness (QED) is 0.712. The van der Waals surface area contributed by atoms with Crippen LogP contribution in [0.25, 0.3) is 10.9 Å². The van der Waals surface area contributed by atoms with Gasteiger partial charge in [0.25, 0.3) is 5.56 Å². The van der Waals surface area contributed by atoms with Gasteiger partial charge in [-0.2, -0.15) is 5.10 Å². The normalized spacial score (nSPS) is 11.5. The van der Waals surface area contributed by atoms with Crippen molar-refractivity contribution in [3.8, 4) is 0 Å². The van der Waals surface area contributed by atoms with E-state index in [1.165, 1.54) is 4.68 Å². The van der Waals surface area contributed by atoms with Crippen molar-refractivity contribution in [3.05, 3.63) is 21.8 Å². The molecule has 0 atom stereocenters. The Labute approximate surface area is 86.7 Å². The van der Waals surface area contributed by atoms with E-state index in [1.807, 2.05) is 20.8 Å². The predicted octanol–water partition coefficient (Wildman–Crippen LogP) is 1.58. The first-order chi connectivity index (χ1) is 7.02. The molecule has 0 fully saturated rings. The number of fused-ring (bicyclic) bond motifs is 1. The van der Waals surface area contributed by atoms with Crippen LogP contribution >= 0.6 is 0 Å². The van der Waals surface area contributed by atoms with Crippen LogP contribution in [-0.2, 0) is 0 Å². The maximum absolute atomic E-state index is 11.9. The van der Waals surface area contributed by atoms with Crippen LogP contribution in [0.3, 0.4) is 0 Å². The maximum Gasteiger partial charge on any atom is 0.297 e. The molecule has 0 radical (unpaired) electrons. The van der Waals surface area contributed by atoms with Crippen molar-refractivity contribution in [2.75, 3.05) is 0 Å². The Kier molecular flexibility index (Phi) is 2.10. The van der Waals surface area contributed by atoms with Gasteiger partial charge in [0.15, 0.2) is 5.52 Å². The summed E-state index contributed by atoms with van der Waals surface area (Å²) < 4.78 is 6.44. The molecule has 0 saturated carbocycles. The van der Waals surface area contributed by atoms with Crippen LogP contribution in [-0.4, -0.2) is 14.9 Å². The molecule has 0 aliphatic rings. The largest absolute Gasteiger partial charge is 0.360 e. The van der Waals surface area contributed by atoms with Crippen LogP contribution < -0.4 is 5.56 Å². The Morgan fingerprint density at radius 2 is 2.00 bits per heavy atom. The van der Waals surface area contributed by atoms with Crippen LogP contribution in [0.1, 0.15) is 31.3 Å². The standard InChI is InChI=1S/C10H13N3O2/c1-5(2)13-10(14)9-8(6(3)11-13)7(4)15-12-9/h5H,1-4H3. The molecule has 0 amide bonds. The number of hydrogen-bond donors (Lipinski definition) is 0. The van der Waals surface area contributed by atoms with Gasteiger partial charge in [0.05, 0.1) is 17.1 Å². The molecule has 0 aromatic carbocycles. The van der Waals surface area contributed by atoms with Crippen molar-refractivity contribution < 1.29 is 4.52 Å². The zero-order valence-corrected chi connectivity index (χ0v) is 9.24. The van der Waals surface area contributed by atoms with E-state index >= 15 is 0 Å².